The lowest BCUT2D eigenvalue weighted by Crippen LogP contribution is -2.23. The van der Waals surface area contributed by atoms with Crippen LogP contribution >= 0.6 is 11.8 Å². The van der Waals surface area contributed by atoms with E-state index < -0.39 is 28.9 Å². The molecule has 0 amide bonds. The van der Waals surface area contributed by atoms with Crippen LogP contribution in [0, 0.1) is 0 Å². The van der Waals surface area contributed by atoms with Crippen LogP contribution in [0.25, 0.3) is 16.5 Å². The highest BCUT2D eigenvalue weighted by atomic mass is 32.2. The topological polar surface area (TPSA) is 66.9 Å². The third-order valence-corrected chi connectivity index (χ3v) is 5.31. The van der Waals surface area contributed by atoms with Crippen molar-refractivity contribution in [1.29, 1.82) is 0 Å². The largest absolute Gasteiger partial charge is 0.494 e. The van der Waals surface area contributed by atoms with E-state index in [1.54, 1.807) is 18.2 Å². The van der Waals surface area contributed by atoms with Crippen LogP contribution in [0.2, 0.25) is 0 Å². The first-order valence-corrected chi connectivity index (χ1v) is 9.61. The van der Waals surface area contributed by atoms with Crippen molar-refractivity contribution in [3.05, 3.63) is 70.0 Å². The molecule has 0 fully saturated rings. The maximum absolute atomic E-state index is 13.5. The van der Waals surface area contributed by atoms with Gasteiger partial charge in [-0.3, -0.25) is 9.79 Å². The molecule has 5 nitrogen and oxygen atoms in total. The number of para-hydroxylation sites is 1. The molecule has 1 aromatic heterocycles. The van der Waals surface area contributed by atoms with Crippen LogP contribution < -0.4 is 5.56 Å². The number of thioether (sulfide) groups is 1. The number of fused-ring (bicyclic) bond motifs is 1. The van der Waals surface area contributed by atoms with Crippen LogP contribution in [0.15, 0.2) is 63.3 Å². The van der Waals surface area contributed by atoms with Gasteiger partial charge in [0.2, 0.25) is 5.88 Å². The first-order valence-electron chi connectivity index (χ1n) is 8.62. The van der Waals surface area contributed by atoms with Gasteiger partial charge in [-0.05, 0) is 18.2 Å². The number of pyridine rings is 1. The van der Waals surface area contributed by atoms with E-state index in [1.807, 2.05) is 0 Å². The Labute approximate surface area is 167 Å². The summed E-state index contributed by atoms with van der Waals surface area (Å²) in [5.41, 5.74) is -2.08. The summed E-state index contributed by atoms with van der Waals surface area (Å²) < 4.78 is 41.2. The van der Waals surface area contributed by atoms with E-state index in [2.05, 4.69) is 9.98 Å². The van der Waals surface area contributed by atoms with E-state index in [0.29, 0.717) is 21.7 Å². The predicted octanol–water partition coefficient (Wildman–Crippen LogP) is 4.24. The first-order chi connectivity index (χ1) is 13.9. The number of aromatic hydroxyl groups is 1. The summed E-state index contributed by atoms with van der Waals surface area (Å²) in [6.45, 7) is 0.628. The standard InChI is InChI=1S/C20H14F3N3O2S/c21-20(22,23)15-7-3-4-8-16(15)26-17(27)13-6-2-1-5-12(13)14(18(26)28)11-25-19-24-9-10-29-19/h1-8,11,28H,9-10H2/b25-11+. The fourth-order valence-corrected chi connectivity index (χ4v) is 3.82. The first kappa shape index (κ1) is 19.3. The molecule has 2 aromatic carbocycles. The van der Waals surface area contributed by atoms with E-state index in [0.717, 1.165) is 17.9 Å². The molecule has 1 aliphatic heterocycles. The summed E-state index contributed by atoms with van der Waals surface area (Å²) in [4.78, 5) is 21.4. The minimum atomic E-state index is -4.70. The molecule has 1 N–H and O–H groups in total. The number of hydrogen-bond acceptors (Lipinski definition) is 5. The van der Waals surface area contributed by atoms with E-state index in [4.69, 9.17) is 0 Å². The lowest BCUT2D eigenvalue weighted by molar-refractivity contribution is -0.137. The highest BCUT2D eigenvalue weighted by molar-refractivity contribution is 8.14. The molecule has 148 valence electrons. The van der Waals surface area contributed by atoms with Crippen molar-refractivity contribution in [2.75, 3.05) is 12.3 Å². The molecule has 0 saturated heterocycles. The van der Waals surface area contributed by atoms with Gasteiger partial charge in [-0.25, -0.2) is 9.56 Å². The molecule has 0 aliphatic carbocycles. The average Bonchev–Trinajstić information content (AvgIpc) is 3.21. The number of benzene rings is 2. The van der Waals surface area contributed by atoms with Crippen LogP contribution in [-0.4, -0.2) is 33.4 Å². The van der Waals surface area contributed by atoms with Gasteiger partial charge in [0.25, 0.3) is 5.56 Å². The van der Waals surface area contributed by atoms with Gasteiger partial charge in [0.1, 0.15) is 0 Å². The molecule has 2 heterocycles. The highest BCUT2D eigenvalue weighted by Gasteiger charge is 2.34. The predicted molar refractivity (Wildman–Crippen MR) is 109 cm³/mol. The van der Waals surface area contributed by atoms with Gasteiger partial charge in [0, 0.05) is 22.7 Å². The third-order valence-electron chi connectivity index (χ3n) is 4.43. The van der Waals surface area contributed by atoms with Gasteiger partial charge in [-0.1, -0.05) is 42.1 Å². The van der Waals surface area contributed by atoms with Crippen molar-refractivity contribution in [2.45, 2.75) is 6.18 Å². The normalized spacial score (nSPS) is 14.7. The molecule has 1 aliphatic rings. The van der Waals surface area contributed by atoms with Crippen LogP contribution in [-0.2, 0) is 6.18 Å². The van der Waals surface area contributed by atoms with Crippen molar-refractivity contribution in [3.8, 4) is 11.6 Å². The van der Waals surface area contributed by atoms with E-state index >= 15 is 0 Å². The van der Waals surface area contributed by atoms with Crippen molar-refractivity contribution in [2.24, 2.45) is 9.98 Å². The van der Waals surface area contributed by atoms with E-state index in [1.165, 1.54) is 36.2 Å². The number of rotatable bonds is 2. The fourth-order valence-electron chi connectivity index (χ4n) is 3.14. The van der Waals surface area contributed by atoms with Crippen LogP contribution in [0.5, 0.6) is 5.88 Å². The quantitative estimate of drug-likeness (QED) is 0.635. The van der Waals surface area contributed by atoms with Crippen molar-refractivity contribution >= 4 is 33.9 Å². The Morgan fingerprint density at radius 2 is 1.79 bits per heavy atom. The van der Waals surface area contributed by atoms with Gasteiger partial charge in [-0.15, -0.1) is 0 Å². The molecule has 3 aromatic rings. The van der Waals surface area contributed by atoms with Gasteiger partial charge in [0.15, 0.2) is 5.17 Å². The van der Waals surface area contributed by atoms with Gasteiger partial charge < -0.3 is 5.11 Å². The smallest absolute Gasteiger partial charge is 0.418 e. The zero-order valence-electron chi connectivity index (χ0n) is 14.8. The summed E-state index contributed by atoms with van der Waals surface area (Å²) in [6.07, 6.45) is -3.36. The lowest BCUT2D eigenvalue weighted by atomic mass is 10.1. The molecule has 0 atom stereocenters. The number of nitrogens with zero attached hydrogens (tertiary/aromatic N) is 3. The maximum atomic E-state index is 13.5. The second-order valence-corrected chi connectivity index (χ2v) is 7.27. The SMILES string of the molecule is O=c1c2ccccc2c(/C=N/C2=NCCS2)c(O)n1-c1ccccc1C(F)(F)F. The number of amidine groups is 1. The molecule has 0 spiro atoms. The Kier molecular flexibility index (Phi) is 4.91. The molecule has 29 heavy (non-hydrogen) atoms. The second kappa shape index (κ2) is 7.40. The molecule has 0 unspecified atom stereocenters. The van der Waals surface area contributed by atoms with Crippen molar-refractivity contribution in [3.63, 3.8) is 0 Å². The summed E-state index contributed by atoms with van der Waals surface area (Å²) in [5, 5.41) is 11.9. The fraction of sp³-hybridized carbons (Fsp3) is 0.150. The Morgan fingerprint density at radius 1 is 1.10 bits per heavy atom. The number of aromatic nitrogens is 1. The van der Waals surface area contributed by atoms with Crippen LogP contribution in [0.3, 0.4) is 0 Å². The summed E-state index contributed by atoms with van der Waals surface area (Å²) >= 11 is 1.44. The molecule has 0 saturated carbocycles. The van der Waals surface area contributed by atoms with Crippen molar-refractivity contribution in [1.82, 2.24) is 4.57 Å². The Balaban J connectivity index is 2.03. The minimum absolute atomic E-state index is 0.146. The number of halogens is 3. The van der Waals surface area contributed by atoms with Crippen LogP contribution in [0.1, 0.15) is 11.1 Å². The number of hydrogen-bond donors (Lipinski definition) is 1. The van der Waals surface area contributed by atoms with Crippen LogP contribution in [0.4, 0.5) is 13.2 Å². The second-order valence-electron chi connectivity index (χ2n) is 6.21. The lowest BCUT2D eigenvalue weighted by Gasteiger charge is -2.18. The summed E-state index contributed by atoms with van der Waals surface area (Å²) in [7, 11) is 0. The summed E-state index contributed by atoms with van der Waals surface area (Å²) in [5.74, 6) is 0.176. The number of aliphatic imine (C=N–C) groups is 2. The maximum Gasteiger partial charge on any atom is 0.418 e. The van der Waals surface area contributed by atoms with E-state index in [-0.39, 0.29) is 10.9 Å². The van der Waals surface area contributed by atoms with Gasteiger partial charge >= 0.3 is 6.18 Å². The Morgan fingerprint density at radius 3 is 2.48 bits per heavy atom. The monoisotopic (exact) mass is 417 g/mol. The Bertz CT molecular complexity index is 1220. The highest BCUT2D eigenvalue weighted by Crippen LogP contribution is 2.35. The molecular formula is C20H14F3N3O2S. The third kappa shape index (κ3) is 3.53. The van der Waals surface area contributed by atoms with Gasteiger partial charge in [0.05, 0.1) is 23.4 Å². The summed E-state index contributed by atoms with van der Waals surface area (Å²) in [6, 6.07) is 11.0. The zero-order valence-corrected chi connectivity index (χ0v) is 15.7. The Hall–Kier alpha value is -3.07. The zero-order chi connectivity index (χ0) is 20.6. The molecule has 0 bridgehead atoms. The molecule has 0 radical (unpaired) electrons. The minimum Gasteiger partial charge on any atom is -0.494 e. The number of alkyl halides is 3. The molecular weight excluding hydrogens is 403 g/mol. The molecule has 9 heteroatoms. The van der Waals surface area contributed by atoms with Crippen molar-refractivity contribution < 1.29 is 18.3 Å². The van der Waals surface area contributed by atoms with E-state index in [9.17, 15) is 23.1 Å². The molecule has 4 rings (SSSR count). The average molecular weight is 417 g/mol. The van der Waals surface area contributed by atoms with Gasteiger partial charge in [-0.2, -0.15) is 13.2 Å².